The molecule has 27 heavy (non-hydrogen) atoms. The van der Waals surface area contributed by atoms with Gasteiger partial charge in [-0.05, 0) is 44.1 Å². The van der Waals surface area contributed by atoms with Gasteiger partial charge in [0.1, 0.15) is 17.0 Å². The summed E-state index contributed by atoms with van der Waals surface area (Å²) in [5.74, 6) is 1.86. The van der Waals surface area contributed by atoms with Crippen LogP contribution in [-0.4, -0.2) is 35.0 Å². The lowest BCUT2D eigenvalue weighted by molar-refractivity contribution is 0.0937. The molecule has 0 spiro atoms. The van der Waals surface area contributed by atoms with E-state index >= 15 is 0 Å². The molecule has 6 heteroatoms. The van der Waals surface area contributed by atoms with Gasteiger partial charge in [-0.3, -0.25) is 4.79 Å². The Morgan fingerprint density at radius 2 is 1.81 bits per heavy atom. The summed E-state index contributed by atoms with van der Waals surface area (Å²) in [5, 5.41) is 4.36. The van der Waals surface area contributed by atoms with E-state index in [2.05, 4.69) is 34.0 Å². The van der Waals surface area contributed by atoms with E-state index in [-0.39, 0.29) is 5.91 Å². The Kier molecular flexibility index (Phi) is 5.62. The van der Waals surface area contributed by atoms with Crippen molar-refractivity contribution in [3.8, 4) is 0 Å². The monoisotopic (exact) mass is 386 g/mol. The first kappa shape index (κ1) is 18.7. The van der Waals surface area contributed by atoms with Gasteiger partial charge >= 0.3 is 0 Å². The minimum Gasteiger partial charge on any atom is -0.356 e. The number of nitrogens with zero attached hydrogens (tertiary/aromatic N) is 3. The van der Waals surface area contributed by atoms with Crippen LogP contribution in [-0.2, 0) is 0 Å². The molecule has 2 aromatic heterocycles. The van der Waals surface area contributed by atoms with E-state index in [9.17, 15) is 4.79 Å². The van der Waals surface area contributed by atoms with E-state index < -0.39 is 0 Å². The van der Waals surface area contributed by atoms with E-state index in [1.54, 1.807) is 6.33 Å². The molecule has 5 nitrogen and oxygen atoms in total. The highest BCUT2D eigenvalue weighted by Gasteiger charge is 2.25. The lowest BCUT2D eigenvalue weighted by Gasteiger charge is -2.31. The van der Waals surface area contributed by atoms with Gasteiger partial charge in [0, 0.05) is 19.1 Å². The summed E-state index contributed by atoms with van der Waals surface area (Å²) in [6, 6.07) is 0.318. The summed E-state index contributed by atoms with van der Waals surface area (Å²) >= 11 is 1.51. The number of anilines is 1. The topological polar surface area (TPSA) is 58.1 Å². The van der Waals surface area contributed by atoms with E-state index in [4.69, 9.17) is 0 Å². The molecule has 2 aromatic rings. The first-order valence-corrected chi connectivity index (χ1v) is 11.2. The van der Waals surface area contributed by atoms with Crippen LogP contribution in [0.3, 0.4) is 0 Å². The summed E-state index contributed by atoms with van der Waals surface area (Å²) in [4.78, 5) is 26.2. The highest BCUT2D eigenvalue weighted by atomic mass is 32.1. The fraction of sp³-hybridized carbons (Fsp3) is 0.667. The van der Waals surface area contributed by atoms with E-state index in [0.29, 0.717) is 6.04 Å². The molecule has 0 radical (unpaired) electrons. The van der Waals surface area contributed by atoms with Crippen LogP contribution in [0.15, 0.2) is 6.33 Å². The number of rotatable bonds is 3. The molecule has 0 bridgehead atoms. The van der Waals surface area contributed by atoms with Gasteiger partial charge in [-0.25, -0.2) is 9.97 Å². The largest absolute Gasteiger partial charge is 0.356 e. The number of piperidine rings is 1. The molecule has 0 aromatic carbocycles. The van der Waals surface area contributed by atoms with Crippen molar-refractivity contribution in [3.63, 3.8) is 0 Å². The van der Waals surface area contributed by atoms with Gasteiger partial charge in [0.15, 0.2) is 0 Å². The average molecular weight is 387 g/mol. The number of carbonyl (C=O) groups is 1. The van der Waals surface area contributed by atoms with Crippen LogP contribution in [0.25, 0.3) is 10.2 Å². The minimum atomic E-state index is 0.0700. The smallest absolute Gasteiger partial charge is 0.261 e. The number of carbonyl (C=O) groups excluding carboxylic acids is 1. The quantitative estimate of drug-likeness (QED) is 0.778. The summed E-state index contributed by atoms with van der Waals surface area (Å²) in [6.45, 7) is 6.44. The molecule has 1 N–H and O–H groups in total. The van der Waals surface area contributed by atoms with Crippen LogP contribution in [0, 0.1) is 12.8 Å². The van der Waals surface area contributed by atoms with Gasteiger partial charge in [-0.2, -0.15) is 0 Å². The van der Waals surface area contributed by atoms with Crippen molar-refractivity contribution < 1.29 is 4.79 Å². The van der Waals surface area contributed by atoms with Gasteiger partial charge in [0.05, 0.1) is 10.3 Å². The Morgan fingerprint density at radius 1 is 1.11 bits per heavy atom. The van der Waals surface area contributed by atoms with E-state index in [1.807, 2.05) is 0 Å². The predicted octanol–water partition coefficient (Wildman–Crippen LogP) is 4.69. The third-order valence-corrected chi connectivity index (χ3v) is 7.39. The molecule has 1 amide bonds. The second-order valence-electron chi connectivity index (χ2n) is 8.27. The van der Waals surface area contributed by atoms with E-state index in [1.165, 1.54) is 49.9 Å². The van der Waals surface area contributed by atoms with Crippen LogP contribution in [0.5, 0.6) is 0 Å². The Bertz CT molecular complexity index is 802. The fourth-order valence-electron chi connectivity index (χ4n) is 4.40. The Hall–Kier alpha value is -1.69. The molecule has 0 atom stereocenters. The van der Waals surface area contributed by atoms with Gasteiger partial charge in [-0.15, -0.1) is 11.3 Å². The van der Waals surface area contributed by atoms with Crippen LogP contribution in [0.1, 0.15) is 73.5 Å². The first-order valence-electron chi connectivity index (χ1n) is 10.4. The zero-order valence-electron chi connectivity index (χ0n) is 16.5. The van der Waals surface area contributed by atoms with Crippen molar-refractivity contribution >= 4 is 33.3 Å². The normalized spacial score (nSPS) is 20.0. The van der Waals surface area contributed by atoms with Gasteiger partial charge < -0.3 is 10.2 Å². The molecule has 1 aliphatic carbocycles. The highest BCUT2D eigenvalue weighted by Crippen LogP contribution is 2.36. The SMILES string of the molecule is Cc1c(C(=O)NC2CCCCCC2)sc2ncnc(N3CCC(C)CC3)c12. The standard InChI is InChI=1S/C21H30N4OS/c1-14-9-11-25(12-10-14)19-17-15(2)18(27-21(17)23-13-22-19)20(26)24-16-7-5-3-4-6-8-16/h13-14,16H,3-12H2,1-2H3,(H,24,26). The number of hydrogen-bond donors (Lipinski definition) is 1. The number of fused-ring (bicyclic) bond motifs is 1. The lowest BCUT2D eigenvalue weighted by atomic mass is 9.99. The van der Waals surface area contributed by atoms with Gasteiger partial charge in [-0.1, -0.05) is 32.6 Å². The zero-order chi connectivity index (χ0) is 18.8. The molecule has 0 unspecified atom stereocenters. The first-order chi connectivity index (χ1) is 13.1. The zero-order valence-corrected chi connectivity index (χ0v) is 17.3. The molecule has 3 heterocycles. The molecule has 146 valence electrons. The van der Waals surface area contributed by atoms with Crippen molar-refractivity contribution in [3.05, 3.63) is 16.8 Å². The Morgan fingerprint density at radius 3 is 2.52 bits per heavy atom. The summed E-state index contributed by atoms with van der Waals surface area (Å²) < 4.78 is 0. The molecule has 1 saturated carbocycles. The molecule has 2 fully saturated rings. The maximum atomic E-state index is 13.0. The van der Waals surface area contributed by atoms with Crippen molar-refractivity contribution in [1.29, 1.82) is 0 Å². The van der Waals surface area contributed by atoms with Gasteiger partial charge in [0.25, 0.3) is 5.91 Å². The summed E-state index contributed by atoms with van der Waals surface area (Å²) in [6.07, 6.45) is 11.3. The third-order valence-electron chi connectivity index (χ3n) is 6.19. The molecule has 2 aliphatic rings. The fourth-order valence-corrected chi connectivity index (χ4v) is 5.45. The molecule has 1 aliphatic heterocycles. The predicted molar refractivity (Wildman–Crippen MR) is 112 cm³/mol. The highest BCUT2D eigenvalue weighted by molar-refractivity contribution is 7.20. The maximum Gasteiger partial charge on any atom is 0.261 e. The summed E-state index contributed by atoms with van der Waals surface area (Å²) in [7, 11) is 0. The Labute approximate surface area is 165 Å². The lowest BCUT2D eigenvalue weighted by Crippen LogP contribution is -2.34. The van der Waals surface area contributed by atoms with Crippen molar-refractivity contribution in [2.45, 2.75) is 71.3 Å². The molecule has 1 saturated heterocycles. The van der Waals surface area contributed by atoms with Crippen LogP contribution < -0.4 is 10.2 Å². The van der Waals surface area contributed by atoms with Crippen LogP contribution in [0.4, 0.5) is 5.82 Å². The van der Waals surface area contributed by atoms with Crippen LogP contribution in [0.2, 0.25) is 0 Å². The Balaban J connectivity index is 1.60. The number of hydrogen-bond acceptors (Lipinski definition) is 5. The number of amides is 1. The molecule has 4 rings (SSSR count). The van der Waals surface area contributed by atoms with Gasteiger partial charge in [0.2, 0.25) is 0 Å². The maximum absolute atomic E-state index is 13.0. The van der Waals surface area contributed by atoms with Crippen molar-refractivity contribution in [2.24, 2.45) is 5.92 Å². The van der Waals surface area contributed by atoms with Crippen molar-refractivity contribution in [1.82, 2.24) is 15.3 Å². The number of aryl methyl sites for hydroxylation is 1. The number of thiophene rings is 1. The second kappa shape index (κ2) is 8.13. The van der Waals surface area contributed by atoms with Crippen molar-refractivity contribution in [2.75, 3.05) is 18.0 Å². The second-order valence-corrected chi connectivity index (χ2v) is 9.26. The van der Waals surface area contributed by atoms with E-state index in [0.717, 1.165) is 58.3 Å². The molecular weight excluding hydrogens is 356 g/mol. The summed E-state index contributed by atoms with van der Waals surface area (Å²) in [5.41, 5.74) is 1.04. The third kappa shape index (κ3) is 3.96. The average Bonchev–Trinajstić information content (AvgIpc) is 2.83. The van der Waals surface area contributed by atoms with Crippen LogP contribution >= 0.6 is 11.3 Å². The minimum absolute atomic E-state index is 0.0700. The number of nitrogens with one attached hydrogen (secondary N) is 1. The number of aromatic nitrogens is 2. The molecular formula is C21H30N4OS.